The number of hydrogen-bond acceptors (Lipinski definition) is 5. The quantitative estimate of drug-likeness (QED) is 0.729. The highest BCUT2D eigenvalue weighted by Gasteiger charge is 2.13. The summed E-state index contributed by atoms with van der Waals surface area (Å²) in [6.45, 7) is 5.04. The molecule has 1 aromatic carbocycles. The summed E-state index contributed by atoms with van der Waals surface area (Å²) in [4.78, 5) is 13.9. The fourth-order valence-electron chi connectivity index (χ4n) is 2.49. The van der Waals surface area contributed by atoms with Gasteiger partial charge in [0.2, 0.25) is 5.91 Å². The normalized spacial score (nSPS) is 12.4. The number of aliphatic hydroxyl groups is 1. The van der Waals surface area contributed by atoms with Crippen molar-refractivity contribution >= 4 is 11.6 Å². The maximum atomic E-state index is 12.2. The fourth-order valence-corrected chi connectivity index (χ4v) is 2.49. The lowest BCUT2D eigenvalue weighted by molar-refractivity contribution is -0.117. The number of nitrogens with one attached hydrogen (secondary N) is 1. The Bertz CT molecular complexity index is 670. The van der Waals surface area contributed by atoms with Gasteiger partial charge in [0.05, 0.1) is 25.5 Å². The van der Waals surface area contributed by atoms with E-state index < -0.39 is 6.10 Å². The van der Waals surface area contributed by atoms with Gasteiger partial charge in [0.15, 0.2) is 0 Å². The van der Waals surface area contributed by atoms with Crippen molar-refractivity contribution in [3.8, 4) is 0 Å². The Hall–Kier alpha value is -2.15. The third kappa shape index (κ3) is 6.34. The van der Waals surface area contributed by atoms with Crippen LogP contribution >= 0.6 is 0 Å². The number of ether oxygens (including phenoxy) is 1. The first kappa shape index (κ1) is 19.2. The van der Waals surface area contributed by atoms with Crippen LogP contribution in [0.1, 0.15) is 16.9 Å². The van der Waals surface area contributed by atoms with E-state index in [1.807, 2.05) is 38.1 Å². The van der Waals surface area contributed by atoms with Crippen LogP contribution in [0.25, 0.3) is 0 Å². The molecular weight excluding hydrogens is 320 g/mol. The van der Waals surface area contributed by atoms with Gasteiger partial charge in [0, 0.05) is 12.2 Å². The van der Waals surface area contributed by atoms with Crippen molar-refractivity contribution in [2.45, 2.75) is 26.6 Å². The van der Waals surface area contributed by atoms with Crippen molar-refractivity contribution in [1.82, 2.24) is 4.90 Å². The second-order valence-electron chi connectivity index (χ2n) is 6.24. The molecule has 0 saturated heterocycles. The van der Waals surface area contributed by atoms with Gasteiger partial charge in [-0.1, -0.05) is 12.1 Å². The molecule has 0 fully saturated rings. The summed E-state index contributed by atoms with van der Waals surface area (Å²) < 4.78 is 10.6. The first-order chi connectivity index (χ1) is 12.0. The summed E-state index contributed by atoms with van der Waals surface area (Å²) in [5.41, 5.74) is 3.01. The van der Waals surface area contributed by atoms with Crippen molar-refractivity contribution in [3.05, 3.63) is 53.5 Å². The number of carbonyl (C=O) groups is 1. The molecule has 1 unspecified atom stereocenters. The Morgan fingerprint density at radius 2 is 2.12 bits per heavy atom. The predicted octanol–water partition coefficient (Wildman–Crippen LogP) is 2.34. The van der Waals surface area contributed by atoms with Crippen LogP contribution in [0, 0.1) is 13.8 Å². The lowest BCUT2D eigenvalue weighted by atomic mass is 10.1. The van der Waals surface area contributed by atoms with Gasteiger partial charge in [-0.2, -0.15) is 0 Å². The van der Waals surface area contributed by atoms with E-state index in [0.717, 1.165) is 16.8 Å². The summed E-state index contributed by atoms with van der Waals surface area (Å²) in [6, 6.07) is 9.42. The van der Waals surface area contributed by atoms with Gasteiger partial charge in [0.25, 0.3) is 0 Å². The zero-order chi connectivity index (χ0) is 18.2. The number of hydrogen-bond donors (Lipinski definition) is 2. The zero-order valence-electron chi connectivity index (χ0n) is 15.0. The van der Waals surface area contributed by atoms with E-state index in [1.165, 1.54) is 0 Å². The second-order valence-corrected chi connectivity index (χ2v) is 6.24. The van der Waals surface area contributed by atoms with Crippen LogP contribution in [-0.4, -0.2) is 48.8 Å². The van der Waals surface area contributed by atoms with E-state index in [0.29, 0.717) is 18.9 Å². The zero-order valence-corrected chi connectivity index (χ0v) is 15.0. The first-order valence-corrected chi connectivity index (χ1v) is 8.28. The monoisotopic (exact) mass is 346 g/mol. The Morgan fingerprint density at radius 1 is 1.32 bits per heavy atom. The van der Waals surface area contributed by atoms with E-state index in [1.54, 1.807) is 24.3 Å². The van der Waals surface area contributed by atoms with Crippen LogP contribution in [-0.2, 0) is 16.1 Å². The van der Waals surface area contributed by atoms with Crippen molar-refractivity contribution < 1.29 is 19.1 Å². The standard InChI is InChI=1S/C19H26N2O4/c1-14-6-4-8-18(15(14)2)20-19(23)11-21(3)10-16(22)12-24-13-17-7-5-9-25-17/h4-9,16,22H,10-13H2,1-3H3,(H,20,23). The van der Waals surface area contributed by atoms with Crippen molar-refractivity contribution in [2.24, 2.45) is 0 Å². The van der Waals surface area contributed by atoms with E-state index >= 15 is 0 Å². The van der Waals surface area contributed by atoms with E-state index in [2.05, 4.69) is 5.32 Å². The molecule has 25 heavy (non-hydrogen) atoms. The second kappa shape index (κ2) is 9.36. The molecule has 0 bridgehead atoms. The minimum absolute atomic E-state index is 0.111. The number of likely N-dealkylation sites (N-methyl/N-ethyl adjacent to an activating group) is 1. The van der Waals surface area contributed by atoms with E-state index in [4.69, 9.17) is 9.15 Å². The topological polar surface area (TPSA) is 74.9 Å². The van der Waals surface area contributed by atoms with E-state index in [-0.39, 0.29) is 19.1 Å². The average molecular weight is 346 g/mol. The van der Waals surface area contributed by atoms with Crippen LogP contribution in [0.5, 0.6) is 0 Å². The molecule has 2 N–H and O–H groups in total. The molecule has 0 radical (unpaired) electrons. The Balaban J connectivity index is 1.70. The third-order valence-electron chi connectivity index (χ3n) is 3.95. The highest BCUT2D eigenvalue weighted by Crippen LogP contribution is 2.17. The molecular formula is C19H26N2O4. The Labute approximate surface area is 148 Å². The number of benzene rings is 1. The van der Waals surface area contributed by atoms with Gasteiger partial charge in [0.1, 0.15) is 12.4 Å². The first-order valence-electron chi connectivity index (χ1n) is 8.28. The smallest absolute Gasteiger partial charge is 0.238 e. The van der Waals surface area contributed by atoms with Crippen LogP contribution in [0.2, 0.25) is 0 Å². The molecule has 1 aromatic heterocycles. The molecule has 0 spiro atoms. The minimum Gasteiger partial charge on any atom is -0.467 e. The molecule has 0 aliphatic carbocycles. The highest BCUT2D eigenvalue weighted by molar-refractivity contribution is 5.93. The number of aliphatic hydroxyl groups excluding tert-OH is 1. The van der Waals surface area contributed by atoms with Crippen molar-refractivity contribution in [1.29, 1.82) is 0 Å². The van der Waals surface area contributed by atoms with Crippen LogP contribution in [0.3, 0.4) is 0 Å². The lowest BCUT2D eigenvalue weighted by Gasteiger charge is -2.20. The van der Waals surface area contributed by atoms with Gasteiger partial charge >= 0.3 is 0 Å². The SMILES string of the molecule is Cc1cccc(NC(=O)CN(C)CC(O)COCc2ccco2)c1C. The number of furan rings is 1. The summed E-state index contributed by atoms with van der Waals surface area (Å²) in [7, 11) is 1.79. The van der Waals surface area contributed by atoms with Gasteiger partial charge < -0.3 is 19.6 Å². The van der Waals surface area contributed by atoms with Crippen LogP contribution in [0.4, 0.5) is 5.69 Å². The molecule has 2 aromatic rings. The molecule has 1 amide bonds. The summed E-state index contributed by atoms with van der Waals surface area (Å²) in [6.07, 6.45) is 0.908. The maximum absolute atomic E-state index is 12.2. The molecule has 6 heteroatoms. The number of aryl methyl sites for hydroxylation is 1. The summed E-state index contributed by atoms with van der Waals surface area (Å²) in [5, 5.41) is 12.9. The molecule has 0 aliphatic rings. The van der Waals surface area contributed by atoms with Gasteiger partial charge in [-0.3, -0.25) is 9.69 Å². The molecule has 136 valence electrons. The number of amides is 1. The largest absolute Gasteiger partial charge is 0.467 e. The van der Waals surface area contributed by atoms with Crippen LogP contribution < -0.4 is 5.32 Å². The number of rotatable bonds is 9. The maximum Gasteiger partial charge on any atom is 0.238 e. The molecule has 2 rings (SSSR count). The molecule has 6 nitrogen and oxygen atoms in total. The Kier molecular flexibility index (Phi) is 7.18. The molecule has 1 atom stereocenters. The van der Waals surface area contributed by atoms with Crippen molar-refractivity contribution in [2.75, 3.05) is 32.1 Å². The average Bonchev–Trinajstić information content (AvgIpc) is 3.05. The van der Waals surface area contributed by atoms with Crippen molar-refractivity contribution in [3.63, 3.8) is 0 Å². The predicted molar refractivity (Wildman–Crippen MR) is 96.4 cm³/mol. The van der Waals surface area contributed by atoms with Gasteiger partial charge in [-0.25, -0.2) is 0 Å². The highest BCUT2D eigenvalue weighted by atomic mass is 16.5. The molecule has 0 saturated carbocycles. The summed E-state index contributed by atoms with van der Waals surface area (Å²) >= 11 is 0. The number of anilines is 1. The summed E-state index contributed by atoms with van der Waals surface area (Å²) in [5.74, 6) is 0.605. The fraction of sp³-hybridized carbons (Fsp3) is 0.421. The van der Waals surface area contributed by atoms with Gasteiger partial charge in [-0.05, 0) is 50.2 Å². The number of nitrogens with zero attached hydrogens (tertiary/aromatic N) is 1. The lowest BCUT2D eigenvalue weighted by Crippen LogP contribution is -2.37. The third-order valence-corrected chi connectivity index (χ3v) is 3.95. The number of carbonyl (C=O) groups excluding carboxylic acids is 1. The minimum atomic E-state index is -0.673. The van der Waals surface area contributed by atoms with Crippen LogP contribution in [0.15, 0.2) is 41.0 Å². The van der Waals surface area contributed by atoms with Gasteiger partial charge in [-0.15, -0.1) is 0 Å². The molecule has 0 aliphatic heterocycles. The molecule has 1 heterocycles. The Morgan fingerprint density at radius 3 is 2.84 bits per heavy atom. The van der Waals surface area contributed by atoms with E-state index in [9.17, 15) is 9.90 Å².